The summed E-state index contributed by atoms with van der Waals surface area (Å²) in [6.07, 6.45) is 1.89. The molecule has 0 saturated carbocycles. The van der Waals surface area contributed by atoms with Crippen molar-refractivity contribution in [3.05, 3.63) is 40.9 Å². The third-order valence-corrected chi connectivity index (χ3v) is 3.16. The molecule has 0 N–H and O–H groups in total. The number of thioether (sulfide) groups is 1. The number of halogens is 2. The Labute approximate surface area is 108 Å². The lowest BCUT2D eigenvalue weighted by atomic mass is 10.1. The van der Waals surface area contributed by atoms with Gasteiger partial charge in [-0.3, -0.25) is 0 Å². The van der Waals surface area contributed by atoms with Gasteiger partial charge in [0.15, 0.2) is 5.16 Å². The molecule has 0 fully saturated rings. The summed E-state index contributed by atoms with van der Waals surface area (Å²) >= 11 is 7.57. The molecular formula is C12H10ClFN2S. The molecule has 0 atom stereocenters. The Hall–Kier alpha value is -1.13. The molecule has 0 radical (unpaired) electrons. The van der Waals surface area contributed by atoms with Gasteiger partial charge in [-0.25, -0.2) is 14.4 Å². The second-order valence-electron chi connectivity index (χ2n) is 3.47. The number of hydrogen-bond acceptors (Lipinski definition) is 3. The number of nitrogens with zero attached hydrogens (tertiary/aromatic N) is 2. The molecule has 2 rings (SSSR count). The molecule has 0 aliphatic rings. The van der Waals surface area contributed by atoms with Crippen LogP contribution >= 0.6 is 23.4 Å². The molecule has 0 saturated heterocycles. The monoisotopic (exact) mass is 268 g/mol. The molecule has 1 aromatic carbocycles. The number of hydrogen-bond donors (Lipinski definition) is 0. The summed E-state index contributed by atoms with van der Waals surface area (Å²) < 4.78 is 12.9. The van der Waals surface area contributed by atoms with Gasteiger partial charge in [0.05, 0.1) is 5.69 Å². The van der Waals surface area contributed by atoms with Crippen molar-refractivity contribution in [3.63, 3.8) is 0 Å². The minimum atomic E-state index is -0.274. The number of rotatable bonds is 2. The number of aryl methyl sites for hydroxylation is 1. The first-order valence-electron chi connectivity index (χ1n) is 4.96. The van der Waals surface area contributed by atoms with Crippen molar-refractivity contribution in [1.29, 1.82) is 0 Å². The molecule has 2 nitrogen and oxygen atoms in total. The van der Waals surface area contributed by atoms with Crippen molar-refractivity contribution in [2.45, 2.75) is 12.1 Å². The molecular weight excluding hydrogens is 259 g/mol. The first-order valence-corrected chi connectivity index (χ1v) is 6.56. The van der Waals surface area contributed by atoms with E-state index in [1.165, 1.54) is 23.9 Å². The van der Waals surface area contributed by atoms with E-state index in [0.717, 1.165) is 16.8 Å². The lowest BCUT2D eigenvalue weighted by Crippen LogP contribution is -1.95. The Kier molecular flexibility index (Phi) is 3.64. The van der Waals surface area contributed by atoms with Gasteiger partial charge in [-0.05, 0) is 30.9 Å². The van der Waals surface area contributed by atoms with Crippen LogP contribution in [0.4, 0.5) is 4.39 Å². The van der Waals surface area contributed by atoms with E-state index in [9.17, 15) is 4.39 Å². The summed E-state index contributed by atoms with van der Waals surface area (Å²) in [5, 5.41) is 1.03. The van der Waals surface area contributed by atoms with Gasteiger partial charge in [-0.15, -0.1) is 0 Å². The Bertz CT molecular complexity index is 520. The van der Waals surface area contributed by atoms with Crippen LogP contribution in [0.1, 0.15) is 5.69 Å². The largest absolute Gasteiger partial charge is 0.227 e. The Morgan fingerprint density at radius 2 is 1.82 bits per heavy atom. The van der Waals surface area contributed by atoms with Crippen molar-refractivity contribution < 1.29 is 4.39 Å². The van der Waals surface area contributed by atoms with Crippen LogP contribution in [0, 0.1) is 12.7 Å². The highest BCUT2D eigenvalue weighted by molar-refractivity contribution is 7.98. The summed E-state index contributed by atoms with van der Waals surface area (Å²) in [5.41, 5.74) is 2.37. The fourth-order valence-corrected chi connectivity index (χ4v) is 2.34. The van der Waals surface area contributed by atoms with Gasteiger partial charge in [0.25, 0.3) is 0 Å². The summed E-state index contributed by atoms with van der Waals surface area (Å²) in [6.45, 7) is 1.87. The number of aromatic nitrogens is 2. The van der Waals surface area contributed by atoms with Gasteiger partial charge in [0.2, 0.25) is 0 Å². The maximum absolute atomic E-state index is 12.9. The molecule has 0 spiro atoms. The number of benzene rings is 1. The summed E-state index contributed by atoms with van der Waals surface area (Å²) in [6, 6.07) is 6.14. The molecule has 0 aliphatic carbocycles. The average Bonchev–Trinajstić information content (AvgIpc) is 2.30. The fourth-order valence-electron chi connectivity index (χ4n) is 1.55. The van der Waals surface area contributed by atoms with Crippen LogP contribution in [0.25, 0.3) is 11.1 Å². The molecule has 0 aliphatic heterocycles. The van der Waals surface area contributed by atoms with Gasteiger partial charge < -0.3 is 0 Å². The average molecular weight is 269 g/mol. The Morgan fingerprint density at radius 3 is 2.35 bits per heavy atom. The van der Waals surface area contributed by atoms with Crippen LogP contribution in [0.15, 0.2) is 29.4 Å². The van der Waals surface area contributed by atoms with E-state index in [0.29, 0.717) is 10.3 Å². The minimum Gasteiger partial charge on any atom is -0.227 e. The Morgan fingerprint density at radius 1 is 1.18 bits per heavy atom. The standard InChI is InChI=1S/C12H10ClFN2S/c1-7-10(8-3-5-9(14)6-4-8)11(13)16-12(15-7)17-2/h3-6H,1-2H3. The van der Waals surface area contributed by atoms with Gasteiger partial charge >= 0.3 is 0 Å². The zero-order valence-electron chi connectivity index (χ0n) is 9.37. The van der Waals surface area contributed by atoms with Crippen LogP contribution in [0.3, 0.4) is 0 Å². The molecule has 2 aromatic rings. The van der Waals surface area contributed by atoms with Crippen LogP contribution < -0.4 is 0 Å². The normalized spacial score (nSPS) is 10.6. The highest BCUT2D eigenvalue weighted by Crippen LogP contribution is 2.30. The smallest absolute Gasteiger partial charge is 0.188 e. The van der Waals surface area contributed by atoms with E-state index in [4.69, 9.17) is 11.6 Å². The third-order valence-electron chi connectivity index (χ3n) is 2.34. The molecule has 1 aromatic heterocycles. The van der Waals surface area contributed by atoms with E-state index < -0.39 is 0 Å². The molecule has 88 valence electrons. The summed E-state index contributed by atoms with van der Waals surface area (Å²) in [7, 11) is 0. The summed E-state index contributed by atoms with van der Waals surface area (Å²) in [5.74, 6) is -0.274. The second kappa shape index (κ2) is 5.02. The van der Waals surface area contributed by atoms with Gasteiger partial charge in [-0.2, -0.15) is 0 Å². The first-order chi connectivity index (χ1) is 8.11. The van der Waals surface area contributed by atoms with E-state index in [-0.39, 0.29) is 5.82 Å². The molecule has 1 heterocycles. The fraction of sp³-hybridized carbons (Fsp3) is 0.167. The van der Waals surface area contributed by atoms with E-state index in [2.05, 4.69) is 9.97 Å². The van der Waals surface area contributed by atoms with Gasteiger partial charge in [-0.1, -0.05) is 35.5 Å². The second-order valence-corrected chi connectivity index (χ2v) is 4.60. The molecule has 0 unspecified atom stereocenters. The Balaban J connectivity index is 2.55. The van der Waals surface area contributed by atoms with Crippen molar-refractivity contribution in [2.75, 3.05) is 6.26 Å². The topological polar surface area (TPSA) is 25.8 Å². The first kappa shape index (κ1) is 12.3. The van der Waals surface area contributed by atoms with Crippen LogP contribution in [-0.2, 0) is 0 Å². The molecule has 0 bridgehead atoms. The predicted octanol–water partition coefficient (Wildman–Crippen LogP) is 3.97. The van der Waals surface area contributed by atoms with Crippen molar-refractivity contribution in [2.24, 2.45) is 0 Å². The maximum atomic E-state index is 12.9. The van der Waals surface area contributed by atoms with Crippen LogP contribution in [-0.4, -0.2) is 16.2 Å². The highest BCUT2D eigenvalue weighted by atomic mass is 35.5. The third kappa shape index (κ3) is 2.58. The van der Waals surface area contributed by atoms with Crippen LogP contribution in [0.5, 0.6) is 0 Å². The zero-order chi connectivity index (χ0) is 12.4. The predicted molar refractivity (Wildman–Crippen MR) is 69.0 cm³/mol. The van der Waals surface area contributed by atoms with Crippen molar-refractivity contribution in [1.82, 2.24) is 9.97 Å². The molecule has 5 heteroatoms. The van der Waals surface area contributed by atoms with Crippen molar-refractivity contribution in [3.8, 4) is 11.1 Å². The maximum Gasteiger partial charge on any atom is 0.188 e. The van der Waals surface area contributed by atoms with Gasteiger partial charge in [0.1, 0.15) is 11.0 Å². The SMILES string of the molecule is CSc1nc(C)c(-c2ccc(F)cc2)c(Cl)n1. The molecule has 0 amide bonds. The van der Waals surface area contributed by atoms with Crippen molar-refractivity contribution >= 4 is 23.4 Å². The molecule has 17 heavy (non-hydrogen) atoms. The van der Waals surface area contributed by atoms with E-state index in [1.54, 1.807) is 12.1 Å². The van der Waals surface area contributed by atoms with E-state index in [1.807, 2.05) is 13.2 Å². The summed E-state index contributed by atoms with van der Waals surface area (Å²) in [4.78, 5) is 8.50. The van der Waals surface area contributed by atoms with Gasteiger partial charge in [0, 0.05) is 5.56 Å². The highest BCUT2D eigenvalue weighted by Gasteiger charge is 2.11. The van der Waals surface area contributed by atoms with E-state index >= 15 is 0 Å². The van der Waals surface area contributed by atoms with Crippen LogP contribution in [0.2, 0.25) is 5.15 Å². The lowest BCUT2D eigenvalue weighted by Gasteiger charge is -2.08. The quantitative estimate of drug-likeness (QED) is 0.468. The lowest BCUT2D eigenvalue weighted by molar-refractivity contribution is 0.628. The minimum absolute atomic E-state index is 0.274. The zero-order valence-corrected chi connectivity index (χ0v) is 10.9.